The van der Waals surface area contributed by atoms with E-state index in [1.807, 2.05) is 0 Å². The number of hydrogen-bond acceptors (Lipinski definition) is 2. The van der Waals surface area contributed by atoms with Crippen LogP contribution < -0.4 is 11.3 Å². The lowest BCUT2D eigenvalue weighted by Crippen LogP contribution is -2.38. The number of aromatic nitrogens is 1. The summed E-state index contributed by atoms with van der Waals surface area (Å²) in [5.74, 6) is 5.18. The van der Waals surface area contributed by atoms with E-state index < -0.39 is 0 Å². The molecule has 1 amide bonds. The van der Waals surface area contributed by atoms with Gasteiger partial charge in [0.15, 0.2) is 0 Å². The number of nitrogens with one attached hydrogen (secondary N) is 2. The molecule has 0 aliphatic heterocycles. The van der Waals surface area contributed by atoms with Gasteiger partial charge in [0, 0.05) is 22.5 Å². The van der Waals surface area contributed by atoms with Gasteiger partial charge in [-0.25, -0.2) is 5.84 Å². The van der Waals surface area contributed by atoms with E-state index in [0.29, 0.717) is 0 Å². The highest BCUT2D eigenvalue weighted by Crippen LogP contribution is 2.32. The number of H-pyrrole nitrogens is 1. The van der Waals surface area contributed by atoms with E-state index in [-0.39, 0.29) is 11.8 Å². The van der Waals surface area contributed by atoms with Gasteiger partial charge in [0.05, 0.1) is 0 Å². The smallest absolute Gasteiger partial charge is 0.237 e. The highest BCUT2D eigenvalue weighted by Gasteiger charge is 2.26. The number of benzene rings is 1. The summed E-state index contributed by atoms with van der Waals surface area (Å²) in [4.78, 5) is 15.1. The van der Waals surface area contributed by atoms with E-state index >= 15 is 0 Å². The molecule has 1 aliphatic rings. The summed E-state index contributed by atoms with van der Waals surface area (Å²) in [7, 11) is 0. The molecular weight excluding hydrogens is 226 g/mol. The second kappa shape index (κ2) is 4.14. The quantitative estimate of drug-likeness (QED) is 0.404. The number of nitrogens with two attached hydrogens (primary N) is 1. The normalized spacial score (nSPS) is 18.7. The fourth-order valence-electron chi connectivity index (χ4n) is 2.87. The standard InChI is InChI=1S/C14H17N3O/c1-8-2-4-12-10(6-8)11-7-9(14(18)17-15)3-5-13(11)16-12/h2,4,6,9,16H,3,5,7,15H2,1H3,(H,17,18). The zero-order valence-corrected chi connectivity index (χ0v) is 10.4. The lowest BCUT2D eigenvalue weighted by molar-refractivity contribution is -0.125. The van der Waals surface area contributed by atoms with Crippen LogP contribution in [0.15, 0.2) is 18.2 Å². The lowest BCUT2D eigenvalue weighted by Gasteiger charge is -2.20. The molecule has 0 saturated carbocycles. The van der Waals surface area contributed by atoms with E-state index in [4.69, 9.17) is 5.84 Å². The van der Waals surface area contributed by atoms with Gasteiger partial charge in [-0.1, -0.05) is 11.6 Å². The minimum atomic E-state index is -0.0531. The highest BCUT2D eigenvalue weighted by molar-refractivity contribution is 5.87. The zero-order valence-electron chi connectivity index (χ0n) is 10.4. The third kappa shape index (κ3) is 1.69. The van der Waals surface area contributed by atoms with Gasteiger partial charge in [0.2, 0.25) is 5.91 Å². The van der Waals surface area contributed by atoms with Crippen LogP contribution in [0.5, 0.6) is 0 Å². The molecule has 0 bridgehead atoms. The molecule has 3 rings (SSSR count). The molecule has 18 heavy (non-hydrogen) atoms. The molecule has 1 heterocycles. The lowest BCUT2D eigenvalue weighted by atomic mass is 9.86. The Morgan fingerprint density at radius 1 is 1.50 bits per heavy atom. The van der Waals surface area contributed by atoms with Crippen molar-refractivity contribution >= 4 is 16.8 Å². The molecule has 0 spiro atoms. The molecule has 0 radical (unpaired) electrons. The molecular formula is C14H17N3O. The highest BCUT2D eigenvalue weighted by atomic mass is 16.2. The van der Waals surface area contributed by atoms with E-state index in [9.17, 15) is 4.79 Å². The summed E-state index contributed by atoms with van der Waals surface area (Å²) >= 11 is 0. The predicted octanol–water partition coefficient (Wildman–Crippen LogP) is 1.57. The average Bonchev–Trinajstić information content (AvgIpc) is 2.75. The molecule has 1 aromatic carbocycles. The van der Waals surface area contributed by atoms with Gasteiger partial charge in [-0.2, -0.15) is 0 Å². The number of carbonyl (C=O) groups excluding carboxylic acids is 1. The number of carbonyl (C=O) groups is 1. The molecule has 0 saturated heterocycles. The van der Waals surface area contributed by atoms with E-state index in [1.165, 1.54) is 27.7 Å². The van der Waals surface area contributed by atoms with E-state index in [2.05, 4.69) is 35.5 Å². The fourth-order valence-corrected chi connectivity index (χ4v) is 2.87. The molecule has 4 N–H and O–H groups in total. The number of hydrazine groups is 1. The molecule has 1 aliphatic carbocycles. The van der Waals surface area contributed by atoms with Crippen molar-refractivity contribution in [3.63, 3.8) is 0 Å². The number of rotatable bonds is 1. The van der Waals surface area contributed by atoms with Crippen molar-refractivity contribution in [3.05, 3.63) is 35.0 Å². The zero-order chi connectivity index (χ0) is 12.7. The van der Waals surface area contributed by atoms with E-state index in [0.717, 1.165) is 19.3 Å². The van der Waals surface area contributed by atoms with Crippen LogP contribution in [-0.4, -0.2) is 10.9 Å². The topological polar surface area (TPSA) is 70.9 Å². The first-order chi connectivity index (χ1) is 8.69. The van der Waals surface area contributed by atoms with Gasteiger partial charge in [-0.3, -0.25) is 10.2 Å². The molecule has 2 aromatic rings. The van der Waals surface area contributed by atoms with Crippen LogP contribution in [0.2, 0.25) is 0 Å². The van der Waals surface area contributed by atoms with Gasteiger partial charge in [0.25, 0.3) is 0 Å². The molecule has 94 valence electrons. The van der Waals surface area contributed by atoms with Crippen LogP contribution in [0.25, 0.3) is 10.9 Å². The Hall–Kier alpha value is -1.81. The Bertz CT molecular complexity index is 615. The Balaban J connectivity index is 2.05. The van der Waals surface area contributed by atoms with Gasteiger partial charge in [-0.15, -0.1) is 0 Å². The first-order valence-corrected chi connectivity index (χ1v) is 6.29. The van der Waals surface area contributed by atoms with Crippen molar-refractivity contribution in [2.45, 2.75) is 26.2 Å². The Morgan fingerprint density at radius 2 is 2.33 bits per heavy atom. The van der Waals surface area contributed by atoms with Crippen LogP contribution in [0.1, 0.15) is 23.2 Å². The van der Waals surface area contributed by atoms with Gasteiger partial charge < -0.3 is 4.98 Å². The Morgan fingerprint density at radius 3 is 3.11 bits per heavy atom. The molecule has 0 fully saturated rings. The van der Waals surface area contributed by atoms with E-state index in [1.54, 1.807) is 0 Å². The van der Waals surface area contributed by atoms with Crippen molar-refractivity contribution in [3.8, 4) is 0 Å². The Kier molecular flexibility index (Phi) is 2.59. The summed E-state index contributed by atoms with van der Waals surface area (Å²) in [6, 6.07) is 6.41. The van der Waals surface area contributed by atoms with Crippen molar-refractivity contribution in [1.29, 1.82) is 0 Å². The Labute approximate surface area is 106 Å². The van der Waals surface area contributed by atoms with Crippen molar-refractivity contribution in [2.24, 2.45) is 11.8 Å². The maximum Gasteiger partial charge on any atom is 0.237 e. The number of aromatic amines is 1. The maximum atomic E-state index is 11.7. The summed E-state index contributed by atoms with van der Waals surface area (Å²) in [6.45, 7) is 2.09. The first kappa shape index (κ1) is 11.3. The SMILES string of the molecule is Cc1ccc2[nH]c3c(c2c1)CC(C(=O)NN)CC3. The number of amides is 1. The fraction of sp³-hybridized carbons (Fsp3) is 0.357. The van der Waals surface area contributed by atoms with Gasteiger partial charge in [0.1, 0.15) is 0 Å². The maximum absolute atomic E-state index is 11.7. The van der Waals surface area contributed by atoms with Crippen LogP contribution in [0.3, 0.4) is 0 Å². The minimum Gasteiger partial charge on any atom is -0.358 e. The van der Waals surface area contributed by atoms with Crippen LogP contribution in [0, 0.1) is 12.8 Å². The number of aryl methyl sites for hydroxylation is 2. The summed E-state index contributed by atoms with van der Waals surface area (Å²) in [5.41, 5.74) is 7.24. The second-order valence-corrected chi connectivity index (χ2v) is 5.08. The van der Waals surface area contributed by atoms with Crippen molar-refractivity contribution in [1.82, 2.24) is 10.4 Å². The molecule has 4 heteroatoms. The molecule has 1 aromatic heterocycles. The molecule has 1 atom stereocenters. The minimum absolute atomic E-state index is 0.00186. The number of hydrogen-bond donors (Lipinski definition) is 3. The molecule has 4 nitrogen and oxygen atoms in total. The summed E-state index contributed by atoms with van der Waals surface area (Å²) in [6.07, 6.45) is 2.56. The molecule has 1 unspecified atom stereocenters. The average molecular weight is 243 g/mol. The largest absolute Gasteiger partial charge is 0.358 e. The van der Waals surface area contributed by atoms with Crippen molar-refractivity contribution < 1.29 is 4.79 Å². The summed E-state index contributed by atoms with van der Waals surface area (Å²) in [5, 5.41) is 1.25. The predicted molar refractivity (Wildman–Crippen MR) is 70.9 cm³/mol. The van der Waals surface area contributed by atoms with Crippen LogP contribution in [0.4, 0.5) is 0 Å². The summed E-state index contributed by atoms with van der Waals surface area (Å²) < 4.78 is 0. The van der Waals surface area contributed by atoms with Gasteiger partial charge in [-0.05, 0) is 43.9 Å². The van der Waals surface area contributed by atoms with Crippen LogP contribution in [-0.2, 0) is 17.6 Å². The van der Waals surface area contributed by atoms with Gasteiger partial charge >= 0.3 is 0 Å². The number of fused-ring (bicyclic) bond motifs is 3. The third-order valence-corrected chi connectivity index (χ3v) is 3.86. The first-order valence-electron chi connectivity index (χ1n) is 6.29. The van der Waals surface area contributed by atoms with Crippen molar-refractivity contribution in [2.75, 3.05) is 0 Å². The third-order valence-electron chi connectivity index (χ3n) is 3.86. The monoisotopic (exact) mass is 243 g/mol. The van der Waals surface area contributed by atoms with Crippen LogP contribution >= 0.6 is 0 Å². The second-order valence-electron chi connectivity index (χ2n) is 5.08.